The summed E-state index contributed by atoms with van der Waals surface area (Å²) in [5.41, 5.74) is -1.75. The molecule has 0 aliphatic carbocycles. The summed E-state index contributed by atoms with van der Waals surface area (Å²) in [5.74, 6) is -0.910. The molecule has 7 nitrogen and oxygen atoms in total. The molecule has 0 radical (unpaired) electrons. The molecule has 0 aliphatic heterocycles. The Bertz CT molecular complexity index is 385. The molecule has 0 bridgehead atoms. The number of carbonyl (C=O) groups is 2. The van der Waals surface area contributed by atoms with Crippen LogP contribution < -0.4 is 5.32 Å². The number of nitrogens with one attached hydrogen (secondary N) is 1. The molecule has 0 fully saturated rings. The van der Waals surface area contributed by atoms with E-state index < -0.39 is 28.9 Å². The van der Waals surface area contributed by atoms with Crippen molar-refractivity contribution < 1.29 is 29.3 Å². The van der Waals surface area contributed by atoms with Gasteiger partial charge in [-0.25, -0.2) is 0 Å². The lowest BCUT2D eigenvalue weighted by Crippen LogP contribution is -2.40. The van der Waals surface area contributed by atoms with Crippen molar-refractivity contribution >= 4 is 11.9 Å². The van der Waals surface area contributed by atoms with Crippen molar-refractivity contribution in [2.75, 3.05) is 33.4 Å². The molecule has 0 saturated heterocycles. The molecule has 136 valence electrons. The molecule has 7 heteroatoms. The summed E-state index contributed by atoms with van der Waals surface area (Å²) >= 11 is 0. The number of aliphatic hydroxyl groups excluding tert-OH is 2. The van der Waals surface area contributed by atoms with Crippen LogP contribution in [0.15, 0.2) is 0 Å². The highest BCUT2D eigenvalue weighted by molar-refractivity contribution is 5.80. The molecule has 23 heavy (non-hydrogen) atoms. The average Bonchev–Trinajstić information content (AvgIpc) is 2.49. The van der Waals surface area contributed by atoms with Crippen LogP contribution in [0.1, 0.15) is 40.5 Å². The first-order valence-corrected chi connectivity index (χ1v) is 7.91. The Labute approximate surface area is 138 Å². The Balaban J connectivity index is 4.77. The molecule has 0 aromatic carbocycles. The molecule has 0 rings (SSSR count). The largest absolute Gasteiger partial charge is 0.463 e. The highest BCUT2D eigenvalue weighted by atomic mass is 16.5. The maximum Gasteiger partial charge on any atom is 0.311 e. The fourth-order valence-corrected chi connectivity index (χ4v) is 2.36. The summed E-state index contributed by atoms with van der Waals surface area (Å²) in [7, 11) is 1.69. The smallest absolute Gasteiger partial charge is 0.311 e. The molecule has 2 unspecified atom stereocenters. The van der Waals surface area contributed by atoms with Gasteiger partial charge in [0.25, 0.3) is 0 Å². The fourth-order valence-electron chi connectivity index (χ4n) is 2.36. The Morgan fingerprint density at radius 2 is 1.78 bits per heavy atom. The minimum atomic E-state index is -0.900. The summed E-state index contributed by atoms with van der Waals surface area (Å²) in [4.78, 5) is 24.4. The highest BCUT2D eigenvalue weighted by Gasteiger charge is 2.43. The standard InChI is InChI=1S/C16H31NO6/c1-6-16(4,14(21)22-8-7-18)11-15(2,3)13(20)23-10-12(19)9-17-5/h12,17-19H,6-11H2,1-5H3. The van der Waals surface area contributed by atoms with Crippen LogP contribution in [0, 0.1) is 10.8 Å². The Morgan fingerprint density at radius 3 is 2.26 bits per heavy atom. The van der Waals surface area contributed by atoms with E-state index in [1.54, 1.807) is 27.8 Å². The van der Waals surface area contributed by atoms with Gasteiger partial charge in [-0.05, 0) is 40.7 Å². The monoisotopic (exact) mass is 333 g/mol. The van der Waals surface area contributed by atoms with E-state index in [0.717, 1.165) is 0 Å². The molecule has 0 aliphatic rings. The summed E-state index contributed by atoms with van der Waals surface area (Å²) in [6, 6.07) is 0. The summed E-state index contributed by atoms with van der Waals surface area (Å²) < 4.78 is 10.2. The van der Waals surface area contributed by atoms with Crippen LogP contribution in [0.4, 0.5) is 0 Å². The first-order chi connectivity index (χ1) is 10.6. The second-order valence-electron chi connectivity index (χ2n) is 6.64. The van der Waals surface area contributed by atoms with E-state index in [9.17, 15) is 14.7 Å². The van der Waals surface area contributed by atoms with Crippen LogP contribution in [-0.4, -0.2) is 61.7 Å². The van der Waals surface area contributed by atoms with Gasteiger partial charge < -0.3 is 25.0 Å². The minimum absolute atomic E-state index is 0.0600. The Morgan fingerprint density at radius 1 is 1.17 bits per heavy atom. The normalized spacial score (nSPS) is 15.6. The lowest BCUT2D eigenvalue weighted by molar-refractivity contribution is -0.165. The number of ether oxygens (including phenoxy) is 2. The number of carbonyl (C=O) groups excluding carboxylic acids is 2. The number of aliphatic hydroxyl groups is 2. The summed E-state index contributed by atoms with van der Waals surface area (Å²) in [5, 5.41) is 21.1. The molecule has 0 spiro atoms. The molecular formula is C16H31NO6. The van der Waals surface area contributed by atoms with Crippen LogP contribution >= 0.6 is 0 Å². The van der Waals surface area contributed by atoms with E-state index in [1.165, 1.54) is 0 Å². The van der Waals surface area contributed by atoms with Gasteiger partial charge in [-0.2, -0.15) is 0 Å². The third kappa shape index (κ3) is 7.28. The zero-order chi connectivity index (χ0) is 18.1. The number of hydrogen-bond acceptors (Lipinski definition) is 7. The van der Waals surface area contributed by atoms with Gasteiger partial charge >= 0.3 is 11.9 Å². The van der Waals surface area contributed by atoms with Gasteiger partial charge in [-0.15, -0.1) is 0 Å². The lowest BCUT2D eigenvalue weighted by atomic mass is 9.72. The SMILES string of the molecule is CCC(C)(CC(C)(C)C(=O)OCC(O)CNC)C(=O)OCCO. The van der Waals surface area contributed by atoms with Gasteiger partial charge in [0.2, 0.25) is 0 Å². The molecule has 3 N–H and O–H groups in total. The zero-order valence-corrected chi connectivity index (χ0v) is 14.8. The van der Waals surface area contributed by atoms with Crippen molar-refractivity contribution in [3.63, 3.8) is 0 Å². The first kappa shape index (κ1) is 21.8. The van der Waals surface area contributed by atoms with Crippen LogP contribution in [0.25, 0.3) is 0 Å². The number of hydrogen-bond donors (Lipinski definition) is 3. The third-order valence-corrected chi connectivity index (χ3v) is 3.83. The first-order valence-electron chi connectivity index (χ1n) is 7.91. The van der Waals surface area contributed by atoms with Crippen LogP contribution in [0.2, 0.25) is 0 Å². The minimum Gasteiger partial charge on any atom is -0.463 e. The van der Waals surface area contributed by atoms with Gasteiger partial charge in [0, 0.05) is 6.54 Å². The van der Waals surface area contributed by atoms with Crippen molar-refractivity contribution in [1.82, 2.24) is 5.32 Å². The molecule has 0 saturated carbocycles. The van der Waals surface area contributed by atoms with Gasteiger partial charge in [-0.1, -0.05) is 6.92 Å². The molecule has 0 amide bonds. The molecule has 0 heterocycles. The van der Waals surface area contributed by atoms with Crippen LogP contribution in [0.5, 0.6) is 0 Å². The van der Waals surface area contributed by atoms with Crippen molar-refractivity contribution in [2.45, 2.75) is 46.6 Å². The van der Waals surface area contributed by atoms with Gasteiger partial charge in [0.05, 0.1) is 17.4 Å². The molecule has 0 aromatic rings. The van der Waals surface area contributed by atoms with Crippen LogP contribution in [-0.2, 0) is 19.1 Å². The number of esters is 2. The summed E-state index contributed by atoms with van der Waals surface area (Å²) in [6.07, 6.45) is -0.0234. The van der Waals surface area contributed by atoms with E-state index >= 15 is 0 Å². The van der Waals surface area contributed by atoms with Gasteiger partial charge in [0.15, 0.2) is 0 Å². The van der Waals surface area contributed by atoms with E-state index in [2.05, 4.69) is 5.32 Å². The number of likely N-dealkylation sites (N-methyl/N-ethyl adjacent to an activating group) is 1. The molecule has 0 aromatic heterocycles. The zero-order valence-electron chi connectivity index (χ0n) is 14.8. The van der Waals surface area contributed by atoms with E-state index in [4.69, 9.17) is 14.6 Å². The van der Waals surface area contributed by atoms with E-state index in [0.29, 0.717) is 13.0 Å². The second-order valence-corrected chi connectivity index (χ2v) is 6.64. The topological polar surface area (TPSA) is 105 Å². The lowest BCUT2D eigenvalue weighted by Gasteiger charge is -2.33. The van der Waals surface area contributed by atoms with Crippen molar-refractivity contribution in [3.8, 4) is 0 Å². The van der Waals surface area contributed by atoms with E-state index in [1.807, 2.05) is 6.92 Å². The average molecular weight is 333 g/mol. The van der Waals surface area contributed by atoms with Crippen molar-refractivity contribution in [3.05, 3.63) is 0 Å². The fraction of sp³-hybridized carbons (Fsp3) is 0.875. The van der Waals surface area contributed by atoms with Crippen molar-refractivity contribution in [2.24, 2.45) is 10.8 Å². The van der Waals surface area contributed by atoms with E-state index in [-0.39, 0.29) is 26.2 Å². The third-order valence-electron chi connectivity index (χ3n) is 3.83. The van der Waals surface area contributed by atoms with Crippen LogP contribution in [0.3, 0.4) is 0 Å². The number of rotatable bonds is 11. The van der Waals surface area contributed by atoms with Crippen molar-refractivity contribution in [1.29, 1.82) is 0 Å². The maximum absolute atomic E-state index is 12.3. The predicted molar refractivity (Wildman–Crippen MR) is 85.7 cm³/mol. The second kappa shape index (κ2) is 9.85. The van der Waals surface area contributed by atoms with Gasteiger partial charge in [0.1, 0.15) is 19.3 Å². The maximum atomic E-state index is 12.3. The quantitative estimate of drug-likeness (QED) is 0.472. The summed E-state index contributed by atoms with van der Waals surface area (Å²) in [6.45, 7) is 6.92. The molecule has 2 atom stereocenters. The predicted octanol–water partition coefficient (Wildman–Crippen LogP) is 0.478. The Kier molecular flexibility index (Phi) is 9.34. The molecular weight excluding hydrogens is 302 g/mol. The van der Waals surface area contributed by atoms with Gasteiger partial charge in [-0.3, -0.25) is 9.59 Å². The highest BCUT2D eigenvalue weighted by Crippen LogP contribution is 2.38. The Hall–Kier alpha value is -1.18.